The molecule has 1 N–H and O–H groups in total. The normalized spacial score (nSPS) is 22.9. The average Bonchev–Trinajstić information content (AvgIpc) is 2.36. The summed E-state index contributed by atoms with van der Waals surface area (Å²) in [5.41, 5.74) is 0.424. The molecule has 1 aliphatic rings. The molecule has 1 amide bonds. The number of hydrogen-bond donors (Lipinski definition) is 1. The Morgan fingerprint density at radius 1 is 1.26 bits per heavy atom. The van der Waals surface area contributed by atoms with Gasteiger partial charge in [0.1, 0.15) is 18.1 Å². The fourth-order valence-corrected chi connectivity index (χ4v) is 2.12. The van der Waals surface area contributed by atoms with E-state index >= 15 is 0 Å². The van der Waals surface area contributed by atoms with Crippen LogP contribution in [0, 0.1) is 5.92 Å². The minimum absolute atomic E-state index is 0.132. The van der Waals surface area contributed by atoms with Crippen molar-refractivity contribution in [3.8, 4) is 0 Å². The number of carbonyl (C=O) groups is 3. The van der Waals surface area contributed by atoms with Gasteiger partial charge in [-0.2, -0.15) is 0 Å². The summed E-state index contributed by atoms with van der Waals surface area (Å²) in [5, 5.41) is 2.51. The molecule has 19 heavy (non-hydrogen) atoms. The Kier molecular flexibility index (Phi) is 3.64. The Hall–Kier alpha value is -2.17. The third-order valence-corrected chi connectivity index (χ3v) is 3.21. The maximum Gasteiger partial charge on any atom is 0.338 e. The lowest BCUT2D eigenvalue weighted by molar-refractivity contribution is -0.147. The number of β-lactam (4-membered cyclic amide) rings is 1. The molecule has 0 saturated carbocycles. The zero-order valence-electron chi connectivity index (χ0n) is 10.8. The number of rotatable bonds is 4. The average molecular weight is 261 g/mol. The summed E-state index contributed by atoms with van der Waals surface area (Å²) in [4.78, 5) is 34.6. The molecule has 5 nitrogen and oxygen atoms in total. The van der Waals surface area contributed by atoms with Gasteiger partial charge in [-0.05, 0) is 26.0 Å². The van der Waals surface area contributed by atoms with E-state index in [2.05, 4.69) is 5.32 Å². The number of hydrogen-bond acceptors (Lipinski definition) is 4. The molecule has 1 saturated heterocycles. The van der Waals surface area contributed by atoms with Crippen molar-refractivity contribution in [2.45, 2.75) is 26.0 Å². The van der Waals surface area contributed by atoms with Gasteiger partial charge in [0, 0.05) is 0 Å². The van der Waals surface area contributed by atoms with Crippen LogP contribution >= 0.6 is 0 Å². The predicted molar refractivity (Wildman–Crippen MR) is 67.4 cm³/mol. The Balaban J connectivity index is 2.01. The maximum atomic E-state index is 11.8. The monoisotopic (exact) mass is 261 g/mol. The maximum absolute atomic E-state index is 11.8. The molecule has 0 aliphatic carbocycles. The van der Waals surface area contributed by atoms with Gasteiger partial charge in [0.05, 0.1) is 5.56 Å². The molecular formula is C14H15NO4. The first-order valence-electron chi connectivity index (χ1n) is 6.07. The molecule has 1 unspecified atom stereocenters. The summed E-state index contributed by atoms with van der Waals surface area (Å²) < 4.78 is 5.24. The van der Waals surface area contributed by atoms with Crippen LogP contribution in [0.2, 0.25) is 0 Å². The molecule has 1 aromatic carbocycles. The SMILES string of the molecule is CC(=O)[C@@H]1NC(=O)[C@H]1C(C)OC(=O)c1ccccc1. The van der Waals surface area contributed by atoms with Crippen LogP contribution in [0.3, 0.4) is 0 Å². The Morgan fingerprint density at radius 2 is 1.89 bits per heavy atom. The van der Waals surface area contributed by atoms with Gasteiger partial charge in [0.25, 0.3) is 0 Å². The molecular weight excluding hydrogens is 246 g/mol. The standard InChI is InChI=1S/C14H15NO4/c1-8(16)12-11(13(17)15-12)9(2)19-14(18)10-6-4-3-5-7-10/h3-7,9,11-12H,1-2H3,(H,15,17)/t9?,11-,12-/m0/s1. The molecule has 5 heteroatoms. The van der Waals surface area contributed by atoms with Crippen LogP contribution in [-0.4, -0.2) is 29.8 Å². The number of carbonyl (C=O) groups excluding carboxylic acids is 3. The molecule has 0 aromatic heterocycles. The van der Waals surface area contributed by atoms with Crippen LogP contribution in [0.15, 0.2) is 30.3 Å². The van der Waals surface area contributed by atoms with E-state index in [1.54, 1.807) is 37.3 Å². The summed E-state index contributed by atoms with van der Waals surface area (Å²) in [6.07, 6.45) is -0.629. The van der Waals surface area contributed by atoms with E-state index in [9.17, 15) is 14.4 Å². The molecule has 0 bridgehead atoms. The fraction of sp³-hybridized carbons (Fsp3) is 0.357. The molecule has 1 aromatic rings. The summed E-state index contributed by atoms with van der Waals surface area (Å²) in [6, 6.07) is 7.99. The first-order chi connectivity index (χ1) is 9.00. The lowest BCUT2D eigenvalue weighted by Crippen LogP contribution is -2.65. The van der Waals surface area contributed by atoms with E-state index in [4.69, 9.17) is 4.74 Å². The van der Waals surface area contributed by atoms with Crippen LogP contribution in [-0.2, 0) is 14.3 Å². The van der Waals surface area contributed by atoms with Crippen molar-refractivity contribution in [1.82, 2.24) is 5.32 Å². The molecule has 1 aliphatic heterocycles. The Morgan fingerprint density at radius 3 is 2.42 bits per heavy atom. The van der Waals surface area contributed by atoms with Gasteiger partial charge in [0.2, 0.25) is 5.91 Å². The minimum Gasteiger partial charge on any atom is -0.458 e. The second-order valence-corrected chi connectivity index (χ2v) is 4.60. The van der Waals surface area contributed by atoms with E-state index in [-0.39, 0.29) is 11.7 Å². The van der Waals surface area contributed by atoms with Crippen LogP contribution in [0.4, 0.5) is 0 Å². The van der Waals surface area contributed by atoms with E-state index in [1.807, 2.05) is 0 Å². The van der Waals surface area contributed by atoms with Crippen LogP contribution < -0.4 is 5.32 Å². The number of benzene rings is 1. The van der Waals surface area contributed by atoms with Gasteiger partial charge < -0.3 is 10.1 Å². The second-order valence-electron chi connectivity index (χ2n) is 4.60. The van der Waals surface area contributed by atoms with Crippen molar-refractivity contribution >= 4 is 17.7 Å². The second kappa shape index (κ2) is 5.22. The lowest BCUT2D eigenvalue weighted by atomic mass is 9.84. The van der Waals surface area contributed by atoms with Crippen molar-refractivity contribution in [3.63, 3.8) is 0 Å². The number of ether oxygens (including phenoxy) is 1. The van der Waals surface area contributed by atoms with Gasteiger partial charge >= 0.3 is 5.97 Å². The number of amides is 1. The van der Waals surface area contributed by atoms with Crippen LogP contribution in [0.1, 0.15) is 24.2 Å². The van der Waals surface area contributed by atoms with Gasteiger partial charge in [-0.3, -0.25) is 9.59 Å². The lowest BCUT2D eigenvalue weighted by Gasteiger charge is -2.38. The highest BCUT2D eigenvalue weighted by atomic mass is 16.5. The van der Waals surface area contributed by atoms with E-state index in [0.717, 1.165) is 0 Å². The molecule has 1 fully saturated rings. The molecule has 100 valence electrons. The van der Waals surface area contributed by atoms with E-state index < -0.39 is 24.0 Å². The van der Waals surface area contributed by atoms with Crippen molar-refractivity contribution in [3.05, 3.63) is 35.9 Å². The van der Waals surface area contributed by atoms with Gasteiger partial charge in [-0.1, -0.05) is 18.2 Å². The Labute approximate surface area is 110 Å². The van der Waals surface area contributed by atoms with Crippen molar-refractivity contribution in [2.24, 2.45) is 5.92 Å². The number of nitrogens with one attached hydrogen (secondary N) is 1. The predicted octanol–water partition coefficient (Wildman–Crippen LogP) is 0.935. The fourth-order valence-electron chi connectivity index (χ4n) is 2.12. The smallest absolute Gasteiger partial charge is 0.338 e. The van der Waals surface area contributed by atoms with Crippen molar-refractivity contribution in [1.29, 1.82) is 0 Å². The topological polar surface area (TPSA) is 72.5 Å². The highest BCUT2D eigenvalue weighted by Gasteiger charge is 2.47. The zero-order chi connectivity index (χ0) is 14.0. The highest BCUT2D eigenvalue weighted by Crippen LogP contribution is 2.23. The summed E-state index contributed by atoms with van der Waals surface area (Å²) in [6.45, 7) is 3.03. The Bertz CT molecular complexity index is 511. The molecule has 0 spiro atoms. The molecule has 2 rings (SSSR count). The van der Waals surface area contributed by atoms with E-state index in [0.29, 0.717) is 5.56 Å². The number of ketones is 1. The summed E-state index contributed by atoms with van der Waals surface area (Å²) >= 11 is 0. The summed E-state index contributed by atoms with van der Waals surface area (Å²) in [5.74, 6) is -1.47. The summed E-state index contributed by atoms with van der Waals surface area (Å²) in [7, 11) is 0. The molecule has 0 radical (unpaired) electrons. The quantitative estimate of drug-likeness (QED) is 0.646. The first-order valence-corrected chi connectivity index (χ1v) is 6.07. The first kappa shape index (κ1) is 13.3. The minimum atomic E-state index is -0.629. The van der Waals surface area contributed by atoms with Gasteiger partial charge in [0.15, 0.2) is 5.78 Å². The van der Waals surface area contributed by atoms with Crippen molar-refractivity contribution < 1.29 is 19.1 Å². The molecule has 3 atom stereocenters. The van der Waals surface area contributed by atoms with Gasteiger partial charge in [-0.15, -0.1) is 0 Å². The molecule has 1 heterocycles. The van der Waals surface area contributed by atoms with Crippen LogP contribution in [0.25, 0.3) is 0 Å². The largest absolute Gasteiger partial charge is 0.458 e. The third kappa shape index (κ3) is 2.65. The zero-order valence-corrected chi connectivity index (χ0v) is 10.8. The third-order valence-electron chi connectivity index (χ3n) is 3.21. The van der Waals surface area contributed by atoms with Crippen LogP contribution in [0.5, 0.6) is 0 Å². The number of esters is 1. The van der Waals surface area contributed by atoms with Crippen molar-refractivity contribution in [2.75, 3.05) is 0 Å². The van der Waals surface area contributed by atoms with Gasteiger partial charge in [-0.25, -0.2) is 4.79 Å². The van der Waals surface area contributed by atoms with E-state index in [1.165, 1.54) is 6.92 Å². The number of Topliss-reactive ketones (excluding diaryl/α,β-unsaturated/α-hetero) is 1. The highest BCUT2D eigenvalue weighted by molar-refractivity contribution is 5.99.